The van der Waals surface area contributed by atoms with Crippen molar-refractivity contribution in [2.24, 2.45) is 13.0 Å². The first-order valence-corrected chi connectivity index (χ1v) is 11.7. The SMILES string of the molecule is Cn1cc(C(=O)Nc2cccc(C(=O)N3CCOCC(Cc4ccc5ncccc5c4)C3)c2)cn1. The van der Waals surface area contributed by atoms with Gasteiger partial charge in [0.25, 0.3) is 11.8 Å². The third-order valence-electron chi connectivity index (χ3n) is 6.15. The van der Waals surface area contributed by atoms with E-state index in [1.54, 1.807) is 48.4 Å². The first-order chi connectivity index (χ1) is 17.0. The van der Waals surface area contributed by atoms with Gasteiger partial charge in [-0.25, -0.2) is 0 Å². The number of fused-ring (bicyclic) bond motifs is 1. The lowest BCUT2D eigenvalue weighted by Gasteiger charge is -2.24. The topological polar surface area (TPSA) is 89.4 Å². The van der Waals surface area contributed by atoms with Gasteiger partial charge in [0.05, 0.1) is 30.5 Å². The van der Waals surface area contributed by atoms with Gasteiger partial charge < -0.3 is 15.0 Å². The Labute approximate surface area is 203 Å². The predicted octanol–water partition coefficient (Wildman–Crippen LogP) is 3.55. The number of pyridine rings is 1. The number of ether oxygens (including phenoxy) is 1. The van der Waals surface area contributed by atoms with Gasteiger partial charge in [-0.3, -0.25) is 19.3 Å². The van der Waals surface area contributed by atoms with E-state index >= 15 is 0 Å². The zero-order chi connectivity index (χ0) is 24.2. The van der Waals surface area contributed by atoms with E-state index in [4.69, 9.17) is 4.74 Å². The Morgan fingerprint density at radius 3 is 2.89 bits per heavy atom. The lowest BCUT2D eigenvalue weighted by Crippen LogP contribution is -2.36. The average Bonchev–Trinajstić information content (AvgIpc) is 3.18. The van der Waals surface area contributed by atoms with Crippen LogP contribution in [0, 0.1) is 5.92 Å². The number of rotatable bonds is 5. The molecule has 5 rings (SSSR count). The summed E-state index contributed by atoms with van der Waals surface area (Å²) in [5.41, 5.74) is 3.74. The van der Waals surface area contributed by atoms with E-state index in [0.29, 0.717) is 43.1 Å². The molecule has 1 aliphatic rings. The molecule has 0 radical (unpaired) electrons. The molecule has 1 saturated heterocycles. The first-order valence-electron chi connectivity index (χ1n) is 11.7. The quantitative estimate of drug-likeness (QED) is 0.483. The Kier molecular flexibility index (Phi) is 6.54. The maximum Gasteiger partial charge on any atom is 0.258 e. The second-order valence-electron chi connectivity index (χ2n) is 8.86. The smallest absolute Gasteiger partial charge is 0.258 e. The fraction of sp³-hybridized carbons (Fsp3) is 0.259. The van der Waals surface area contributed by atoms with Crippen molar-refractivity contribution in [2.75, 3.05) is 31.6 Å². The van der Waals surface area contributed by atoms with E-state index in [0.717, 1.165) is 17.3 Å². The van der Waals surface area contributed by atoms with Gasteiger partial charge in [-0.05, 0) is 48.4 Å². The maximum atomic E-state index is 13.4. The number of anilines is 1. The Morgan fingerprint density at radius 2 is 2.03 bits per heavy atom. The fourth-order valence-electron chi connectivity index (χ4n) is 4.43. The highest BCUT2D eigenvalue weighted by atomic mass is 16.5. The van der Waals surface area contributed by atoms with Gasteiger partial charge >= 0.3 is 0 Å². The van der Waals surface area contributed by atoms with Crippen LogP contribution < -0.4 is 5.32 Å². The van der Waals surface area contributed by atoms with E-state index in [2.05, 4.69) is 33.6 Å². The Bertz CT molecular complexity index is 1370. The molecule has 1 aliphatic heterocycles. The minimum absolute atomic E-state index is 0.0688. The predicted molar refractivity (Wildman–Crippen MR) is 133 cm³/mol. The summed E-state index contributed by atoms with van der Waals surface area (Å²) in [6, 6.07) is 17.3. The van der Waals surface area contributed by atoms with Crippen molar-refractivity contribution >= 4 is 28.4 Å². The maximum absolute atomic E-state index is 13.4. The molecule has 0 saturated carbocycles. The summed E-state index contributed by atoms with van der Waals surface area (Å²) < 4.78 is 7.41. The highest BCUT2D eigenvalue weighted by Crippen LogP contribution is 2.20. The van der Waals surface area contributed by atoms with E-state index < -0.39 is 0 Å². The number of carbonyl (C=O) groups is 2. The number of nitrogens with zero attached hydrogens (tertiary/aromatic N) is 4. The molecular formula is C27H27N5O3. The summed E-state index contributed by atoms with van der Waals surface area (Å²) in [6.45, 7) is 2.25. The fourth-order valence-corrected chi connectivity index (χ4v) is 4.43. The third kappa shape index (κ3) is 5.38. The number of nitrogens with one attached hydrogen (secondary N) is 1. The van der Waals surface area contributed by atoms with Crippen LogP contribution in [0.25, 0.3) is 10.9 Å². The molecule has 0 bridgehead atoms. The molecule has 4 aromatic rings. The number of amides is 2. The monoisotopic (exact) mass is 469 g/mol. The Morgan fingerprint density at radius 1 is 1.11 bits per heavy atom. The van der Waals surface area contributed by atoms with Gasteiger partial charge in [0, 0.05) is 55.1 Å². The van der Waals surface area contributed by atoms with Gasteiger partial charge in [-0.1, -0.05) is 18.2 Å². The van der Waals surface area contributed by atoms with Gasteiger partial charge in [-0.15, -0.1) is 0 Å². The number of aromatic nitrogens is 3. The molecule has 1 N–H and O–H groups in total. The van der Waals surface area contributed by atoms with Crippen molar-refractivity contribution in [2.45, 2.75) is 6.42 Å². The molecule has 1 atom stereocenters. The van der Waals surface area contributed by atoms with E-state index in [1.165, 1.54) is 11.8 Å². The Balaban J connectivity index is 1.27. The summed E-state index contributed by atoms with van der Waals surface area (Å²) in [5.74, 6) is -0.152. The largest absolute Gasteiger partial charge is 0.379 e. The minimum atomic E-state index is -0.267. The van der Waals surface area contributed by atoms with Gasteiger partial charge in [0.15, 0.2) is 0 Å². The summed E-state index contributed by atoms with van der Waals surface area (Å²) in [4.78, 5) is 32.1. The van der Waals surface area contributed by atoms with Crippen molar-refractivity contribution in [3.8, 4) is 0 Å². The zero-order valence-corrected chi connectivity index (χ0v) is 19.6. The molecular weight excluding hydrogens is 442 g/mol. The molecule has 1 fully saturated rings. The van der Waals surface area contributed by atoms with E-state index in [9.17, 15) is 9.59 Å². The standard InChI is InChI=1S/C27H27N5O3/c1-31-17-23(15-29-31)26(33)30-24-6-2-4-22(14-24)27(34)32-10-11-35-18-20(16-32)12-19-7-8-25-21(13-19)5-3-9-28-25/h2-9,13-15,17,20H,10-12,16,18H2,1H3,(H,30,33). The molecule has 178 valence electrons. The van der Waals surface area contributed by atoms with Crippen LogP contribution in [0.3, 0.4) is 0 Å². The average molecular weight is 470 g/mol. The van der Waals surface area contributed by atoms with E-state index in [1.807, 2.05) is 17.0 Å². The van der Waals surface area contributed by atoms with E-state index in [-0.39, 0.29) is 17.7 Å². The van der Waals surface area contributed by atoms with Crippen LogP contribution >= 0.6 is 0 Å². The normalized spacial score (nSPS) is 16.1. The molecule has 0 spiro atoms. The van der Waals surface area contributed by atoms with Gasteiger partial charge in [-0.2, -0.15) is 5.10 Å². The summed E-state index contributed by atoms with van der Waals surface area (Å²) in [7, 11) is 1.76. The van der Waals surface area contributed by atoms with Gasteiger partial charge in [0.2, 0.25) is 0 Å². The van der Waals surface area contributed by atoms with Crippen LogP contribution in [0.5, 0.6) is 0 Å². The Hall–Kier alpha value is -4.04. The number of hydrogen-bond acceptors (Lipinski definition) is 5. The molecule has 2 aromatic heterocycles. The van der Waals surface area contributed by atoms with Crippen LogP contribution in [-0.4, -0.2) is 57.8 Å². The highest BCUT2D eigenvalue weighted by molar-refractivity contribution is 6.04. The molecule has 2 aromatic carbocycles. The zero-order valence-electron chi connectivity index (χ0n) is 19.6. The summed E-state index contributed by atoms with van der Waals surface area (Å²) in [5, 5.41) is 7.98. The lowest BCUT2D eigenvalue weighted by molar-refractivity contribution is 0.0737. The van der Waals surface area contributed by atoms with Gasteiger partial charge in [0.1, 0.15) is 0 Å². The van der Waals surface area contributed by atoms with Crippen LogP contribution in [-0.2, 0) is 18.2 Å². The second kappa shape index (κ2) is 10.1. The first kappa shape index (κ1) is 22.7. The highest BCUT2D eigenvalue weighted by Gasteiger charge is 2.24. The molecule has 35 heavy (non-hydrogen) atoms. The molecule has 8 nitrogen and oxygen atoms in total. The summed E-state index contributed by atoms with van der Waals surface area (Å²) in [6.07, 6.45) is 5.77. The van der Waals surface area contributed by atoms with Crippen molar-refractivity contribution < 1.29 is 14.3 Å². The second-order valence-corrected chi connectivity index (χ2v) is 8.86. The lowest BCUT2D eigenvalue weighted by atomic mass is 9.98. The van der Waals surface area contributed by atoms with Crippen molar-refractivity contribution in [3.63, 3.8) is 0 Å². The van der Waals surface area contributed by atoms with Crippen LogP contribution in [0.4, 0.5) is 5.69 Å². The third-order valence-corrected chi connectivity index (χ3v) is 6.15. The van der Waals surface area contributed by atoms with Crippen LogP contribution in [0.1, 0.15) is 26.3 Å². The molecule has 2 amide bonds. The van der Waals surface area contributed by atoms with Crippen LogP contribution in [0.2, 0.25) is 0 Å². The molecule has 0 aliphatic carbocycles. The summed E-state index contributed by atoms with van der Waals surface area (Å²) >= 11 is 0. The number of benzene rings is 2. The number of hydrogen-bond donors (Lipinski definition) is 1. The van der Waals surface area contributed by atoms with Crippen molar-refractivity contribution in [1.29, 1.82) is 0 Å². The number of carbonyl (C=O) groups excluding carboxylic acids is 2. The molecule has 8 heteroatoms. The molecule has 3 heterocycles. The molecule has 1 unspecified atom stereocenters. The number of aryl methyl sites for hydroxylation is 1. The van der Waals surface area contributed by atoms with Crippen molar-refractivity contribution in [1.82, 2.24) is 19.7 Å². The van der Waals surface area contributed by atoms with Crippen LogP contribution in [0.15, 0.2) is 73.2 Å². The van der Waals surface area contributed by atoms with Crippen molar-refractivity contribution in [3.05, 3.63) is 89.9 Å². The minimum Gasteiger partial charge on any atom is -0.379 e.